The van der Waals surface area contributed by atoms with Crippen LogP contribution in [0.2, 0.25) is 5.02 Å². The van der Waals surface area contributed by atoms with E-state index in [4.69, 9.17) is 16.3 Å². The number of benzene rings is 2. The first-order valence-electron chi connectivity index (χ1n) is 10.2. The Morgan fingerprint density at radius 3 is 2.27 bits per heavy atom. The zero-order valence-corrected chi connectivity index (χ0v) is 18.3. The molecule has 0 radical (unpaired) electrons. The Kier molecular flexibility index (Phi) is 7.29. The highest BCUT2D eigenvalue weighted by Gasteiger charge is 2.38. The lowest BCUT2D eigenvalue weighted by atomic mass is 10.0. The van der Waals surface area contributed by atoms with Gasteiger partial charge in [-0.05, 0) is 54.7 Å². The first kappa shape index (κ1) is 22.1. The largest absolute Gasteiger partial charge is 0.382 e. The van der Waals surface area contributed by atoms with Crippen molar-refractivity contribution in [2.75, 3.05) is 25.1 Å². The fraction of sp³-hybridized carbons (Fsp3) is 0.333. The van der Waals surface area contributed by atoms with Crippen molar-refractivity contribution in [3.05, 3.63) is 70.4 Å². The molecule has 1 aliphatic heterocycles. The van der Waals surface area contributed by atoms with Gasteiger partial charge in [0.15, 0.2) is 0 Å². The number of nitrogens with one attached hydrogen (secondary N) is 1. The van der Waals surface area contributed by atoms with Crippen LogP contribution in [-0.4, -0.2) is 36.5 Å². The Morgan fingerprint density at radius 1 is 1.00 bits per heavy atom. The summed E-state index contributed by atoms with van der Waals surface area (Å²) in [5.41, 5.74) is 3.28. The highest BCUT2D eigenvalue weighted by Crippen LogP contribution is 2.31. The van der Waals surface area contributed by atoms with E-state index < -0.39 is 0 Å². The van der Waals surface area contributed by atoms with Crippen LogP contribution in [0.1, 0.15) is 44.2 Å². The molecule has 6 heteroatoms. The summed E-state index contributed by atoms with van der Waals surface area (Å²) < 4.78 is 5.35. The summed E-state index contributed by atoms with van der Waals surface area (Å²) in [5.74, 6) is -0.215. The number of amides is 2. The molecule has 0 aromatic heterocycles. The SMILES string of the molecule is CCOCCCN1C(=O)C(Nc2ccc(C(C)C)cc2)=C(c2ccc(Cl)cc2)C1=O. The smallest absolute Gasteiger partial charge is 0.278 e. The number of imide groups is 1. The van der Waals surface area contributed by atoms with Crippen molar-refractivity contribution < 1.29 is 14.3 Å². The van der Waals surface area contributed by atoms with Gasteiger partial charge in [-0.25, -0.2) is 0 Å². The van der Waals surface area contributed by atoms with Crippen LogP contribution >= 0.6 is 11.6 Å². The Bertz CT molecular complexity index is 934. The van der Waals surface area contributed by atoms with Crippen LogP contribution < -0.4 is 5.32 Å². The molecule has 1 heterocycles. The second-order valence-electron chi connectivity index (χ2n) is 7.47. The van der Waals surface area contributed by atoms with E-state index in [1.807, 2.05) is 31.2 Å². The maximum absolute atomic E-state index is 13.1. The lowest BCUT2D eigenvalue weighted by molar-refractivity contribution is -0.137. The minimum Gasteiger partial charge on any atom is -0.382 e. The number of rotatable bonds is 9. The van der Waals surface area contributed by atoms with Gasteiger partial charge in [-0.1, -0.05) is 49.7 Å². The quantitative estimate of drug-likeness (QED) is 0.448. The van der Waals surface area contributed by atoms with Crippen LogP contribution in [0.5, 0.6) is 0 Å². The van der Waals surface area contributed by atoms with Crippen molar-refractivity contribution in [3.63, 3.8) is 0 Å². The third kappa shape index (κ3) is 4.91. The molecule has 0 saturated carbocycles. The molecule has 158 valence electrons. The Hall–Kier alpha value is -2.63. The lowest BCUT2D eigenvalue weighted by Crippen LogP contribution is -2.34. The van der Waals surface area contributed by atoms with E-state index in [1.165, 1.54) is 10.5 Å². The normalized spacial score (nSPS) is 14.2. The van der Waals surface area contributed by atoms with Crippen molar-refractivity contribution in [1.82, 2.24) is 4.90 Å². The molecule has 0 spiro atoms. The van der Waals surface area contributed by atoms with Crippen molar-refractivity contribution in [2.45, 2.75) is 33.1 Å². The number of anilines is 1. The van der Waals surface area contributed by atoms with Crippen molar-refractivity contribution in [1.29, 1.82) is 0 Å². The maximum Gasteiger partial charge on any atom is 0.278 e. The van der Waals surface area contributed by atoms with E-state index >= 15 is 0 Å². The Labute approximate surface area is 182 Å². The number of ether oxygens (including phenoxy) is 1. The fourth-order valence-electron chi connectivity index (χ4n) is 3.34. The van der Waals surface area contributed by atoms with E-state index in [1.54, 1.807) is 24.3 Å². The van der Waals surface area contributed by atoms with Gasteiger partial charge in [0.05, 0.1) is 5.57 Å². The van der Waals surface area contributed by atoms with Crippen LogP contribution in [0.3, 0.4) is 0 Å². The third-order valence-electron chi connectivity index (χ3n) is 5.02. The number of nitrogens with zero attached hydrogens (tertiary/aromatic N) is 1. The molecule has 0 unspecified atom stereocenters. The highest BCUT2D eigenvalue weighted by molar-refractivity contribution is 6.36. The maximum atomic E-state index is 13.1. The van der Waals surface area contributed by atoms with Gasteiger partial charge in [-0.2, -0.15) is 0 Å². The van der Waals surface area contributed by atoms with Crippen molar-refractivity contribution in [3.8, 4) is 0 Å². The predicted octanol–water partition coefficient (Wildman–Crippen LogP) is 5.08. The fourth-order valence-corrected chi connectivity index (χ4v) is 3.47. The standard InChI is InChI=1S/C24H27ClN2O3/c1-4-30-15-5-14-27-23(28)21(18-6-10-19(25)11-7-18)22(24(27)29)26-20-12-8-17(9-13-20)16(2)3/h6-13,16,26H,4-5,14-15H2,1-3H3. The molecule has 0 fully saturated rings. The molecule has 3 rings (SSSR count). The van der Waals surface area contributed by atoms with E-state index in [0.29, 0.717) is 48.3 Å². The molecule has 1 aliphatic rings. The van der Waals surface area contributed by atoms with E-state index in [-0.39, 0.29) is 17.5 Å². The van der Waals surface area contributed by atoms with Crippen LogP contribution in [0.4, 0.5) is 5.69 Å². The molecule has 30 heavy (non-hydrogen) atoms. The van der Waals surface area contributed by atoms with Crippen LogP contribution in [0.15, 0.2) is 54.2 Å². The second-order valence-corrected chi connectivity index (χ2v) is 7.91. The van der Waals surface area contributed by atoms with Gasteiger partial charge in [-0.3, -0.25) is 14.5 Å². The summed E-state index contributed by atoms with van der Waals surface area (Å²) in [6.45, 7) is 7.59. The lowest BCUT2D eigenvalue weighted by Gasteiger charge is -2.15. The van der Waals surface area contributed by atoms with Gasteiger partial charge in [0.1, 0.15) is 5.70 Å². The van der Waals surface area contributed by atoms with Gasteiger partial charge in [0.2, 0.25) is 0 Å². The van der Waals surface area contributed by atoms with Crippen molar-refractivity contribution >= 4 is 34.7 Å². The van der Waals surface area contributed by atoms with Gasteiger partial charge in [0.25, 0.3) is 11.8 Å². The first-order chi connectivity index (χ1) is 14.4. The molecule has 2 aromatic rings. The molecule has 0 aliphatic carbocycles. The Balaban J connectivity index is 1.91. The average Bonchev–Trinajstić information content (AvgIpc) is 2.96. The van der Waals surface area contributed by atoms with Gasteiger partial charge in [0, 0.05) is 30.5 Å². The number of hydrogen-bond acceptors (Lipinski definition) is 4. The molecule has 0 saturated heterocycles. The summed E-state index contributed by atoms with van der Waals surface area (Å²) in [6, 6.07) is 14.9. The predicted molar refractivity (Wildman–Crippen MR) is 120 cm³/mol. The van der Waals surface area contributed by atoms with Crippen molar-refractivity contribution in [2.24, 2.45) is 0 Å². The third-order valence-corrected chi connectivity index (χ3v) is 5.27. The van der Waals surface area contributed by atoms with Gasteiger partial charge < -0.3 is 10.1 Å². The first-order valence-corrected chi connectivity index (χ1v) is 10.6. The zero-order valence-electron chi connectivity index (χ0n) is 17.6. The molecular formula is C24H27ClN2O3. The van der Waals surface area contributed by atoms with Crippen LogP contribution in [0, 0.1) is 0 Å². The molecule has 0 atom stereocenters. The molecule has 2 aromatic carbocycles. The summed E-state index contributed by atoms with van der Waals surface area (Å²) in [6.07, 6.45) is 0.593. The highest BCUT2D eigenvalue weighted by atomic mass is 35.5. The summed E-state index contributed by atoms with van der Waals surface area (Å²) >= 11 is 6.01. The second kappa shape index (κ2) is 9.92. The van der Waals surface area contributed by atoms with Gasteiger partial charge >= 0.3 is 0 Å². The monoisotopic (exact) mass is 426 g/mol. The minimum atomic E-state index is -0.325. The van der Waals surface area contributed by atoms with E-state index in [0.717, 1.165) is 5.69 Å². The van der Waals surface area contributed by atoms with Crippen LogP contribution in [-0.2, 0) is 14.3 Å². The molecule has 5 nitrogen and oxygen atoms in total. The summed E-state index contributed by atoms with van der Waals surface area (Å²) in [7, 11) is 0. The zero-order chi connectivity index (χ0) is 21.7. The average molecular weight is 427 g/mol. The number of halogens is 1. The Morgan fingerprint density at radius 2 is 1.67 bits per heavy atom. The summed E-state index contributed by atoms with van der Waals surface area (Å²) in [5, 5.41) is 3.76. The molecule has 2 amide bonds. The number of hydrogen-bond donors (Lipinski definition) is 1. The summed E-state index contributed by atoms with van der Waals surface area (Å²) in [4.78, 5) is 27.6. The molecular weight excluding hydrogens is 400 g/mol. The molecule has 0 bridgehead atoms. The number of carbonyl (C=O) groups is 2. The van der Waals surface area contributed by atoms with Crippen LogP contribution in [0.25, 0.3) is 5.57 Å². The van der Waals surface area contributed by atoms with Gasteiger partial charge in [-0.15, -0.1) is 0 Å². The van der Waals surface area contributed by atoms with E-state index in [9.17, 15) is 9.59 Å². The number of carbonyl (C=O) groups excluding carboxylic acids is 2. The van der Waals surface area contributed by atoms with E-state index in [2.05, 4.69) is 19.2 Å². The molecule has 1 N–H and O–H groups in total. The minimum absolute atomic E-state index is 0.288. The topological polar surface area (TPSA) is 58.6 Å².